The highest BCUT2D eigenvalue weighted by Crippen LogP contribution is 2.37. The summed E-state index contributed by atoms with van der Waals surface area (Å²) in [5, 5.41) is 8.63. The van der Waals surface area contributed by atoms with Crippen molar-refractivity contribution >= 4 is 83.8 Å². The molecule has 0 saturated heterocycles. The number of benzene rings is 8. The molecule has 10 aromatic rings. The summed E-state index contributed by atoms with van der Waals surface area (Å²) >= 11 is 0. The molecule has 8 aromatic carbocycles. The van der Waals surface area contributed by atoms with E-state index < -0.39 is 0 Å². The van der Waals surface area contributed by atoms with Gasteiger partial charge in [-0.3, -0.25) is 4.99 Å². The van der Waals surface area contributed by atoms with Crippen molar-refractivity contribution in [2.45, 2.75) is 6.54 Å². The molecule has 0 spiro atoms. The lowest BCUT2D eigenvalue weighted by Crippen LogP contribution is -2.07. The Labute approximate surface area is 304 Å². The van der Waals surface area contributed by atoms with Crippen molar-refractivity contribution in [3.63, 3.8) is 0 Å². The van der Waals surface area contributed by atoms with Gasteiger partial charge >= 0.3 is 0 Å². The van der Waals surface area contributed by atoms with E-state index in [1.165, 1.54) is 5.39 Å². The number of fused-ring (bicyclic) bond motifs is 9. The fraction of sp³-hybridized carbons (Fsp3) is 0.0208. The first-order valence-electron chi connectivity index (χ1n) is 17.6. The van der Waals surface area contributed by atoms with Gasteiger partial charge < -0.3 is 8.83 Å². The SMILES string of the molecule is C=N/C(=N\C(=N/Cc1ccccc1)c1cc2ccccc2c2ccccc12)c1cccc2oc3cc(-c4ccc5oc6ccccc6c5c4)ccc3c12. The molecule has 0 fully saturated rings. The van der Waals surface area contributed by atoms with Gasteiger partial charge in [0.15, 0.2) is 11.7 Å². The number of hydrogen-bond acceptors (Lipinski definition) is 3. The average molecular weight is 682 g/mol. The number of nitrogens with zero attached hydrogens (tertiary/aromatic N) is 3. The van der Waals surface area contributed by atoms with E-state index in [1.54, 1.807) is 0 Å². The van der Waals surface area contributed by atoms with Gasteiger partial charge in [-0.1, -0.05) is 121 Å². The van der Waals surface area contributed by atoms with Crippen LogP contribution in [-0.2, 0) is 6.54 Å². The van der Waals surface area contributed by atoms with Crippen molar-refractivity contribution in [3.8, 4) is 11.1 Å². The Morgan fingerprint density at radius 2 is 1.13 bits per heavy atom. The normalized spacial score (nSPS) is 12.5. The fourth-order valence-electron chi connectivity index (χ4n) is 7.55. The largest absolute Gasteiger partial charge is 0.456 e. The highest BCUT2D eigenvalue weighted by molar-refractivity contribution is 6.25. The molecule has 10 rings (SSSR count). The highest BCUT2D eigenvalue weighted by atomic mass is 16.3. The molecule has 2 aromatic heterocycles. The lowest BCUT2D eigenvalue weighted by atomic mass is 9.96. The molecule has 0 bridgehead atoms. The van der Waals surface area contributed by atoms with Crippen LogP contribution in [0.15, 0.2) is 188 Å². The summed E-state index contributed by atoms with van der Waals surface area (Å²) in [5.41, 5.74) is 8.29. The second kappa shape index (κ2) is 12.6. The number of rotatable bonds is 5. The topological polar surface area (TPSA) is 63.4 Å². The zero-order valence-corrected chi connectivity index (χ0v) is 28.7. The summed E-state index contributed by atoms with van der Waals surface area (Å²) in [7, 11) is 0. The second-order valence-electron chi connectivity index (χ2n) is 13.2. The number of aliphatic imine (C=N–C) groups is 3. The Morgan fingerprint density at radius 1 is 0.453 bits per heavy atom. The fourth-order valence-corrected chi connectivity index (χ4v) is 7.55. The third kappa shape index (κ3) is 5.29. The van der Waals surface area contributed by atoms with Crippen molar-refractivity contribution in [1.29, 1.82) is 0 Å². The molecule has 53 heavy (non-hydrogen) atoms. The third-order valence-electron chi connectivity index (χ3n) is 10.1. The van der Waals surface area contributed by atoms with Gasteiger partial charge in [-0.05, 0) is 87.4 Å². The van der Waals surface area contributed by atoms with Crippen LogP contribution in [0.5, 0.6) is 0 Å². The van der Waals surface area contributed by atoms with Crippen LogP contribution in [0.2, 0.25) is 0 Å². The molecule has 0 saturated carbocycles. The predicted molar refractivity (Wildman–Crippen MR) is 221 cm³/mol. The summed E-state index contributed by atoms with van der Waals surface area (Å²) in [6.45, 7) is 4.47. The summed E-state index contributed by atoms with van der Waals surface area (Å²) in [6.07, 6.45) is 0. The minimum atomic E-state index is 0.466. The maximum atomic E-state index is 6.53. The Hall–Kier alpha value is -7.11. The van der Waals surface area contributed by atoms with Crippen molar-refractivity contribution in [1.82, 2.24) is 0 Å². The molecule has 0 aliphatic heterocycles. The van der Waals surface area contributed by atoms with Crippen LogP contribution in [-0.4, -0.2) is 18.4 Å². The van der Waals surface area contributed by atoms with Crippen molar-refractivity contribution in [3.05, 3.63) is 180 Å². The first kappa shape index (κ1) is 30.7. The first-order chi connectivity index (χ1) is 26.2. The Kier molecular flexibility index (Phi) is 7.29. The Bertz CT molecular complexity index is 3110. The van der Waals surface area contributed by atoms with Gasteiger partial charge in [0.25, 0.3) is 0 Å². The molecule has 0 aliphatic rings. The van der Waals surface area contributed by atoms with Crippen molar-refractivity contribution < 1.29 is 8.83 Å². The molecular formula is C48H31N3O2. The minimum absolute atomic E-state index is 0.466. The summed E-state index contributed by atoms with van der Waals surface area (Å²) in [6, 6.07) is 56.2. The van der Waals surface area contributed by atoms with Gasteiger partial charge in [0.1, 0.15) is 22.3 Å². The molecule has 0 atom stereocenters. The molecule has 0 radical (unpaired) electrons. The van der Waals surface area contributed by atoms with Crippen molar-refractivity contribution in [2.24, 2.45) is 15.0 Å². The van der Waals surface area contributed by atoms with Crippen LogP contribution in [0.4, 0.5) is 0 Å². The molecule has 5 heteroatoms. The van der Waals surface area contributed by atoms with Crippen LogP contribution >= 0.6 is 0 Å². The van der Waals surface area contributed by atoms with Crippen LogP contribution in [0.3, 0.4) is 0 Å². The molecule has 2 heterocycles. The molecule has 0 aliphatic carbocycles. The van der Waals surface area contributed by atoms with E-state index >= 15 is 0 Å². The minimum Gasteiger partial charge on any atom is -0.456 e. The average Bonchev–Trinajstić information content (AvgIpc) is 3.79. The smallest absolute Gasteiger partial charge is 0.161 e. The van der Waals surface area contributed by atoms with E-state index in [0.717, 1.165) is 87.9 Å². The van der Waals surface area contributed by atoms with Gasteiger partial charge in [0, 0.05) is 32.7 Å². The maximum Gasteiger partial charge on any atom is 0.161 e. The predicted octanol–water partition coefficient (Wildman–Crippen LogP) is 12.6. The van der Waals surface area contributed by atoms with E-state index in [-0.39, 0.29) is 0 Å². The number of amidine groups is 2. The van der Waals surface area contributed by atoms with E-state index in [2.05, 4.69) is 115 Å². The summed E-state index contributed by atoms with van der Waals surface area (Å²) in [4.78, 5) is 14.9. The molecule has 0 amide bonds. The maximum absolute atomic E-state index is 6.53. The van der Waals surface area contributed by atoms with Gasteiger partial charge in [0.2, 0.25) is 0 Å². The number of hydrogen-bond donors (Lipinski definition) is 0. The second-order valence-corrected chi connectivity index (χ2v) is 13.2. The quantitative estimate of drug-likeness (QED) is 0.103. The van der Waals surface area contributed by atoms with E-state index in [1.807, 2.05) is 60.7 Å². The number of furan rings is 2. The zero-order chi connectivity index (χ0) is 35.3. The molecule has 0 unspecified atom stereocenters. The third-order valence-corrected chi connectivity index (χ3v) is 10.1. The summed E-state index contributed by atoms with van der Waals surface area (Å²) < 4.78 is 12.6. The van der Waals surface area contributed by atoms with Crippen LogP contribution in [0.1, 0.15) is 16.7 Å². The van der Waals surface area contributed by atoms with Gasteiger partial charge in [-0.25, -0.2) is 9.98 Å². The molecular weight excluding hydrogens is 651 g/mol. The Morgan fingerprint density at radius 3 is 2.00 bits per heavy atom. The van der Waals surface area contributed by atoms with Crippen LogP contribution in [0, 0.1) is 0 Å². The van der Waals surface area contributed by atoms with Gasteiger partial charge in [-0.2, -0.15) is 0 Å². The van der Waals surface area contributed by atoms with Gasteiger partial charge in [-0.15, -0.1) is 0 Å². The monoisotopic (exact) mass is 681 g/mol. The lowest BCUT2D eigenvalue weighted by Gasteiger charge is -2.12. The van der Waals surface area contributed by atoms with Crippen LogP contribution in [0.25, 0.3) is 76.5 Å². The first-order valence-corrected chi connectivity index (χ1v) is 17.6. The molecule has 5 nitrogen and oxygen atoms in total. The van der Waals surface area contributed by atoms with E-state index in [0.29, 0.717) is 18.2 Å². The van der Waals surface area contributed by atoms with Crippen LogP contribution < -0.4 is 0 Å². The van der Waals surface area contributed by atoms with E-state index in [9.17, 15) is 0 Å². The molecule has 0 N–H and O–H groups in total. The zero-order valence-electron chi connectivity index (χ0n) is 28.7. The lowest BCUT2D eigenvalue weighted by molar-refractivity contribution is 0.669. The summed E-state index contributed by atoms with van der Waals surface area (Å²) in [5.74, 6) is 1.07. The Balaban J connectivity index is 1.13. The van der Waals surface area contributed by atoms with Gasteiger partial charge in [0.05, 0.1) is 6.54 Å². The van der Waals surface area contributed by atoms with Crippen molar-refractivity contribution in [2.75, 3.05) is 0 Å². The standard InChI is InChI=1S/C48H31N3O2/c1-49-47(51-48(50-29-30-12-3-2-4-13-30)41-27-33-14-5-6-15-34(33)35-16-7-8-17-36(35)41)39-19-11-21-44-46(39)38-24-22-32(28-45(38)53-44)31-23-25-43-40(26-31)37-18-9-10-20-42(37)52-43/h2-28H,1,29H2/b50-48-,51-47-. The molecule has 250 valence electrons. The highest BCUT2D eigenvalue weighted by Gasteiger charge is 2.18. The van der Waals surface area contributed by atoms with E-state index in [4.69, 9.17) is 18.8 Å². The number of para-hydroxylation sites is 1.